The maximum Gasteiger partial charge on any atom is 0.252 e. The molecule has 1 saturated carbocycles. The number of aryl methyl sites for hydroxylation is 1. The van der Waals surface area contributed by atoms with Crippen LogP contribution in [0.1, 0.15) is 130 Å². The number of para-hydroxylation sites is 4. The zero-order valence-corrected chi connectivity index (χ0v) is 53.1. The van der Waals surface area contributed by atoms with Gasteiger partial charge in [0.2, 0.25) is 0 Å². The molecule has 6 nitrogen and oxygen atoms in total. The Labute approximate surface area is 519 Å². The molecule has 7 heteroatoms. The summed E-state index contributed by atoms with van der Waals surface area (Å²) >= 11 is 0. The molecule has 0 amide bonds. The number of rotatable bonds is 6. The Morgan fingerprint density at radius 3 is 1.44 bits per heavy atom. The van der Waals surface area contributed by atoms with Gasteiger partial charge in [-0.1, -0.05) is 191 Å². The van der Waals surface area contributed by atoms with Crippen molar-refractivity contribution in [2.45, 2.75) is 136 Å². The lowest BCUT2D eigenvalue weighted by molar-refractivity contribution is 0.195. The molecule has 5 heterocycles. The van der Waals surface area contributed by atoms with Gasteiger partial charge in [0.15, 0.2) is 11.2 Å². The Morgan fingerprint density at radius 2 is 0.898 bits per heavy atom. The molecule has 2 unspecified atom stereocenters. The van der Waals surface area contributed by atoms with Crippen LogP contribution in [0.15, 0.2) is 209 Å². The van der Waals surface area contributed by atoms with Crippen molar-refractivity contribution in [3.05, 3.63) is 228 Å². The quantitative estimate of drug-likeness (QED) is 0.155. The lowest BCUT2D eigenvalue weighted by atomic mass is 9.33. The van der Waals surface area contributed by atoms with E-state index < -0.39 is 0 Å². The second-order valence-electron chi connectivity index (χ2n) is 29.4. The first-order chi connectivity index (χ1) is 42.2. The molecule has 10 aromatic carbocycles. The van der Waals surface area contributed by atoms with Crippen LogP contribution in [-0.4, -0.2) is 12.3 Å². The normalized spacial score (nSPS) is 18.0. The Hall–Kier alpha value is -8.94. The van der Waals surface area contributed by atoms with Crippen molar-refractivity contribution in [1.82, 2.24) is 0 Å². The van der Waals surface area contributed by atoms with Crippen LogP contribution in [0.3, 0.4) is 0 Å². The smallest absolute Gasteiger partial charge is 0.252 e. The van der Waals surface area contributed by atoms with Gasteiger partial charge in [0.05, 0.1) is 16.9 Å². The number of anilines is 11. The number of fused-ring (bicyclic) bond motifs is 13. The van der Waals surface area contributed by atoms with Crippen molar-refractivity contribution in [1.29, 1.82) is 0 Å². The predicted octanol–water partition coefficient (Wildman–Crippen LogP) is 21.0. The van der Waals surface area contributed by atoms with Crippen molar-refractivity contribution in [2.24, 2.45) is 0 Å². The topological polar surface area (TPSA) is 39.2 Å². The fourth-order valence-electron chi connectivity index (χ4n) is 16.0. The van der Waals surface area contributed by atoms with Crippen molar-refractivity contribution in [2.75, 3.05) is 19.6 Å². The molecule has 2 atom stereocenters. The minimum atomic E-state index is -0.156. The third-order valence-electron chi connectivity index (χ3n) is 20.9. The van der Waals surface area contributed by atoms with E-state index in [1.807, 2.05) is 0 Å². The number of hydrogen-bond acceptors (Lipinski definition) is 6. The van der Waals surface area contributed by atoms with Gasteiger partial charge >= 0.3 is 0 Å². The molecular weight excluding hydrogens is 1070 g/mol. The van der Waals surface area contributed by atoms with Gasteiger partial charge in [-0.15, -0.1) is 0 Å². The SMILES string of the molecule is Cc1cc2c3c(c1)N(c1cccc4c1oc1ccccc14)c1cc(N4c5ccc(C(C)(C)C)cc5C5(C)CCCCC45C)ccc1B3c1ccc(N(c3ccc(C(C)(C)C)cc3)c3ccc(C(C)(C)C)cc3)cc1N2c1cccc2c1oc1ccccc12. The Morgan fingerprint density at radius 1 is 0.420 bits per heavy atom. The molecule has 16 rings (SSSR count). The number of hydrogen-bond donors (Lipinski definition) is 0. The lowest BCUT2D eigenvalue weighted by Crippen LogP contribution is -2.61. The third kappa shape index (κ3) is 8.00. The summed E-state index contributed by atoms with van der Waals surface area (Å²) in [5.41, 5.74) is 26.0. The maximum absolute atomic E-state index is 7.11. The standard InChI is InChI=1S/C81H77BN4O2/c1-50-45-70-74-71(46-50)85(67-26-20-24-61-59-22-14-16-28-73(59)88-76(61)67)69-49-57(86-65-42-33-53(79(8,9)10)47-62(65)80(11)43-17-18-44-81(80,86)12)39-41-64(69)82(74)63-40-38-56(48-68(63)84(70)66-25-19-23-60-58-21-13-15-27-72(58)87-75(60)66)83(54-34-29-51(30-35-54)77(2,3)4)55-36-31-52(32-37-55)78(5,6)7/h13-16,19-42,45-49H,17-18,43-44H2,1-12H3. The predicted molar refractivity (Wildman–Crippen MR) is 373 cm³/mol. The molecule has 1 fully saturated rings. The average Bonchev–Trinajstić information content (AvgIpc) is 1.16. The second kappa shape index (κ2) is 19.0. The molecule has 12 aromatic rings. The van der Waals surface area contributed by atoms with Gasteiger partial charge in [0, 0.05) is 78.1 Å². The molecule has 436 valence electrons. The Balaban J connectivity index is 0.981. The van der Waals surface area contributed by atoms with Crippen LogP contribution < -0.4 is 36.0 Å². The summed E-state index contributed by atoms with van der Waals surface area (Å²) in [6.45, 7) is 28.1. The van der Waals surface area contributed by atoms with Gasteiger partial charge in [-0.05, 0) is 178 Å². The van der Waals surface area contributed by atoms with E-state index in [0.29, 0.717) is 0 Å². The number of furan rings is 2. The minimum Gasteiger partial charge on any atom is -0.454 e. The fraction of sp³-hybridized carbons (Fsp3) is 0.259. The van der Waals surface area contributed by atoms with E-state index in [9.17, 15) is 0 Å². The summed E-state index contributed by atoms with van der Waals surface area (Å²) in [4.78, 5) is 10.3. The first-order valence-electron chi connectivity index (χ1n) is 32.0. The van der Waals surface area contributed by atoms with E-state index >= 15 is 0 Å². The van der Waals surface area contributed by atoms with Crippen LogP contribution in [0, 0.1) is 6.92 Å². The number of nitrogens with zero attached hydrogens (tertiary/aromatic N) is 4. The van der Waals surface area contributed by atoms with Gasteiger partial charge in [0.25, 0.3) is 6.71 Å². The van der Waals surface area contributed by atoms with Crippen molar-refractivity contribution in [3.63, 3.8) is 0 Å². The van der Waals surface area contributed by atoms with Gasteiger partial charge in [-0.3, -0.25) is 0 Å². The highest BCUT2D eigenvalue weighted by atomic mass is 16.3. The van der Waals surface area contributed by atoms with E-state index in [1.54, 1.807) is 0 Å². The Kier molecular flexibility index (Phi) is 11.8. The van der Waals surface area contributed by atoms with Crippen LogP contribution in [-0.2, 0) is 21.7 Å². The van der Waals surface area contributed by atoms with Gasteiger partial charge < -0.3 is 28.4 Å². The van der Waals surface area contributed by atoms with Crippen molar-refractivity contribution in [3.8, 4) is 0 Å². The monoisotopic (exact) mass is 1150 g/mol. The molecule has 0 radical (unpaired) electrons. The van der Waals surface area contributed by atoms with E-state index in [2.05, 4.69) is 303 Å². The fourth-order valence-corrected chi connectivity index (χ4v) is 16.0. The molecular formula is C81H77BN4O2. The van der Waals surface area contributed by atoms with Crippen LogP contribution in [0.2, 0.25) is 0 Å². The highest BCUT2D eigenvalue weighted by molar-refractivity contribution is 7.00. The number of benzene rings is 10. The Bertz CT molecular complexity index is 4780. The molecule has 0 spiro atoms. The molecule has 4 aliphatic rings. The zero-order chi connectivity index (χ0) is 60.6. The molecule has 0 N–H and O–H groups in total. The summed E-state index contributed by atoms with van der Waals surface area (Å²) in [6, 6.07) is 75.9. The summed E-state index contributed by atoms with van der Waals surface area (Å²) in [7, 11) is 0. The van der Waals surface area contributed by atoms with E-state index in [0.717, 1.165) is 113 Å². The molecule has 2 aromatic heterocycles. The second-order valence-corrected chi connectivity index (χ2v) is 29.4. The summed E-state index contributed by atoms with van der Waals surface area (Å²) in [5, 5.41) is 4.41. The molecule has 1 aliphatic carbocycles. The van der Waals surface area contributed by atoms with Crippen LogP contribution >= 0.6 is 0 Å². The van der Waals surface area contributed by atoms with Crippen LogP contribution in [0.25, 0.3) is 43.9 Å². The first-order valence-corrected chi connectivity index (χ1v) is 32.0. The molecule has 88 heavy (non-hydrogen) atoms. The largest absolute Gasteiger partial charge is 0.454 e. The minimum absolute atomic E-state index is 0.000826. The van der Waals surface area contributed by atoms with E-state index in [4.69, 9.17) is 8.83 Å². The lowest BCUT2D eigenvalue weighted by Gasteiger charge is -2.50. The highest BCUT2D eigenvalue weighted by Crippen LogP contribution is 2.62. The molecule has 0 bridgehead atoms. The highest BCUT2D eigenvalue weighted by Gasteiger charge is 2.58. The van der Waals surface area contributed by atoms with Crippen LogP contribution in [0.5, 0.6) is 0 Å². The van der Waals surface area contributed by atoms with Crippen molar-refractivity contribution < 1.29 is 8.83 Å². The van der Waals surface area contributed by atoms with Gasteiger partial charge in [-0.2, -0.15) is 0 Å². The first kappa shape index (κ1) is 54.5. The summed E-state index contributed by atoms with van der Waals surface area (Å²) in [6.07, 6.45) is 4.69. The third-order valence-corrected chi connectivity index (χ3v) is 20.9. The summed E-state index contributed by atoms with van der Waals surface area (Å²) in [5.74, 6) is 0. The van der Waals surface area contributed by atoms with Gasteiger partial charge in [0.1, 0.15) is 11.2 Å². The molecule has 3 aliphatic heterocycles. The molecule has 0 saturated heterocycles. The summed E-state index contributed by atoms with van der Waals surface area (Å²) < 4.78 is 14.2. The zero-order valence-electron chi connectivity index (χ0n) is 53.1. The average molecular weight is 1150 g/mol. The van der Waals surface area contributed by atoms with Crippen LogP contribution in [0.4, 0.5) is 62.6 Å². The maximum atomic E-state index is 7.11. The van der Waals surface area contributed by atoms with E-state index in [-0.39, 0.29) is 33.9 Å². The van der Waals surface area contributed by atoms with Gasteiger partial charge in [-0.25, -0.2) is 0 Å². The van der Waals surface area contributed by atoms with Crippen molar-refractivity contribution >= 4 is 130 Å². The van der Waals surface area contributed by atoms with E-state index in [1.165, 1.54) is 62.9 Å².